The van der Waals surface area contributed by atoms with Gasteiger partial charge in [-0.3, -0.25) is 4.68 Å². The fourth-order valence-electron chi connectivity index (χ4n) is 1.82. The van der Waals surface area contributed by atoms with Gasteiger partial charge >= 0.3 is 0 Å². The second-order valence-electron chi connectivity index (χ2n) is 4.50. The molecule has 0 aliphatic carbocycles. The van der Waals surface area contributed by atoms with Gasteiger partial charge in [-0.2, -0.15) is 5.10 Å². The highest BCUT2D eigenvalue weighted by atomic mass is 32.2. The third kappa shape index (κ3) is 3.89. The Balaban J connectivity index is 2.02. The molecule has 2 aromatic rings. The number of hydrogen-bond donors (Lipinski definition) is 2. The summed E-state index contributed by atoms with van der Waals surface area (Å²) in [6.07, 6.45) is 3.48. The van der Waals surface area contributed by atoms with Gasteiger partial charge in [0, 0.05) is 29.9 Å². The number of nitrogens with one attached hydrogen (secondary N) is 2. The smallest absolute Gasteiger partial charge is 0.250 e. The van der Waals surface area contributed by atoms with Crippen molar-refractivity contribution in [3.8, 4) is 0 Å². The van der Waals surface area contributed by atoms with Gasteiger partial charge in [0.1, 0.15) is 4.21 Å². The van der Waals surface area contributed by atoms with Gasteiger partial charge in [0.2, 0.25) is 10.0 Å². The molecule has 0 aliphatic rings. The van der Waals surface area contributed by atoms with E-state index in [-0.39, 0.29) is 6.04 Å². The number of hydrogen-bond acceptors (Lipinski definition) is 5. The van der Waals surface area contributed by atoms with Gasteiger partial charge in [-0.15, -0.1) is 11.3 Å². The molecule has 2 aromatic heterocycles. The standard InChI is InChI=1S/C12H18N4O2S2/c1-10(9-16-7-3-6-14-16)15-20(17,18)12-5-4-11(19-12)8-13-2/h3-7,10,13,15H,8-9H2,1-2H3. The van der Waals surface area contributed by atoms with Crippen molar-refractivity contribution < 1.29 is 8.42 Å². The van der Waals surface area contributed by atoms with E-state index in [9.17, 15) is 8.42 Å². The third-order valence-corrected chi connectivity index (χ3v) is 5.80. The molecule has 110 valence electrons. The van der Waals surface area contributed by atoms with Gasteiger partial charge in [-0.05, 0) is 32.2 Å². The molecular formula is C12H18N4O2S2. The van der Waals surface area contributed by atoms with Crippen molar-refractivity contribution in [1.82, 2.24) is 19.8 Å². The van der Waals surface area contributed by atoms with Gasteiger partial charge in [0.05, 0.1) is 6.54 Å². The van der Waals surface area contributed by atoms with Crippen LogP contribution >= 0.6 is 11.3 Å². The molecule has 0 fully saturated rings. The van der Waals surface area contributed by atoms with Crippen molar-refractivity contribution in [2.45, 2.75) is 30.3 Å². The number of rotatable bonds is 7. The monoisotopic (exact) mass is 314 g/mol. The summed E-state index contributed by atoms with van der Waals surface area (Å²) in [5, 5.41) is 7.07. The predicted octanol–water partition coefficient (Wildman–Crippen LogP) is 1.03. The molecule has 0 saturated heterocycles. The number of aromatic nitrogens is 2. The Bertz CT molecular complexity index is 634. The lowest BCUT2D eigenvalue weighted by Gasteiger charge is -2.13. The van der Waals surface area contributed by atoms with Crippen LogP contribution in [-0.4, -0.2) is 31.3 Å². The summed E-state index contributed by atoms with van der Waals surface area (Å²) >= 11 is 1.28. The molecule has 1 unspecified atom stereocenters. The summed E-state index contributed by atoms with van der Waals surface area (Å²) in [5.41, 5.74) is 0. The van der Waals surface area contributed by atoms with Gasteiger partial charge in [0.15, 0.2) is 0 Å². The van der Waals surface area contributed by atoms with Crippen molar-refractivity contribution in [3.63, 3.8) is 0 Å². The number of sulfonamides is 1. The lowest BCUT2D eigenvalue weighted by atomic mass is 10.4. The molecule has 8 heteroatoms. The molecule has 0 amide bonds. The SMILES string of the molecule is CNCc1ccc(S(=O)(=O)NC(C)Cn2cccn2)s1. The molecule has 1 atom stereocenters. The molecule has 0 spiro atoms. The van der Waals surface area contributed by atoms with Crippen molar-refractivity contribution in [3.05, 3.63) is 35.5 Å². The second kappa shape index (κ2) is 6.49. The van der Waals surface area contributed by atoms with Gasteiger partial charge < -0.3 is 5.32 Å². The maximum atomic E-state index is 12.2. The molecule has 6 nitrogen and oxygen atoms in total. The highest BCUT2D eigenvalue weighted by Gasteiger charge is 2.19. The molecule has 20 heavy (non-hydrogen) atoms. The largest absolute Gasteiger partial charge is 0.315 e. The highest BCUT2D eigenvalue weighted by Crippen LogP contribution is 2.21. The zero-order valence-corrected chi connectivity index (χ0v) is 13.0. The number of nitrogens with zero attached hydrogens (tertiary/aromatic N) is 2. The molecule has 0 aliphatic heterocycles. The molecule has 2 N–H and O–H groups in total. The van der Waals surface area contributed by atoms with Gasteiger partial charge in [-0.1, -0.05) is 0 Å². The van der Waals surface area contributed by atoms with E-state index in [4.69, 9.17) is 0 Å². The Morgan fingerprint density at radius 2 is 2.25 bits per heavy atom. The Hall–Kier alpha value is -1.22. The first kappa shape index (κ1) is 15.2. The maximum absolute atomic E-state index is 12.2. The van der Waals surface area contributed by atoms with E-state index in [0.717, 1.165) is 4.88 Å². The lowest BCUT2D eigenvalue weighted by molar-refractivity contribution is 0.494. The topological polar surface area (TPSA) is 76.0 Å². The van der Waals surface area contributed by atoms with Crippen LogP contribution < -0.4 is 10.0 Å². The zero-order chi connectivity index (χ0) is 14.6. The van der Waals surface area contributed by atoms with E-state index in [2.05, 4.69) is 15.1 Å². The molecule has 0 radical (unpaired) electrons. The van der Waals surface area contributed by atoms with Crippen molar-refractivity contribution in [2.24, 2.45) is 0 Å². The first-order valence-corrected chi connectivity index (χ1v) is 8.54. The summed E-state index contributed by atoms with van der Waals surface area (Å²) in [4.78, 5) is 0.993. The quantitative estimate of drug-likeness (QED) is 0.800. The van der Waals surface area contributed by atoms with Gasteiger partial charge in [0.25, 0.3) is 0 Å². The van der Waals surface area contributed by atoms with Crippen molar-refractivity contribution in [1.29, 1.82) is 0 Å². The fourth-order valence-corrected chi connectivity index (χ4v) is 4.44. The normalized spacial score (nSPS) is 13.5. The van der Waals surface area contributed by atoms with E-state index in [1.165, 1.54) is 11.3 Å². The van der Waals surface area contributed by atoms with E-state index < -0.39 is 10.0 Å². The maximum Gasteiger partial charge on any atom is 0.250 e. The fraction of sp³-hybridized carbons (Fsp3) is 0.417. The van der Waals surface area contributed by atoms with Crippen LogP contribution in [0.3, 0.4) is 0 Å². The highest BCUT2D eigenvalue weighted by molar-refractivity contribution is 7.91. The summed E-state index contributed by atoms with van der Waals surface area (Å²) in [6.45, 7) is 2.99. The summed E-state index contributed by atoms with van der Waals surface area (Å²) < 4.78 is 29.2. The minimum Gasteiger partial charge on any atom is -0.315 e. The molecule has 2 heterocycles. The second-order valence-corrected chi connectivity index (χ2v) is 7.61. The molecule has 0 saturated carbocycles. The van der Waals surface area contributed by atoms with E-state index in [0.29, 0.717) is 17.3 Å². The van der Waals surface area contributed by atoms with Crippen molar-refractivity contribution >= 4 is 21.4 Å². The number of thiophene rings is 1. The first-order chi connectivity index (χ1) is 9.51. The van der Waals surface area contributed by atoms with E-state index >= 15 is 0 Å². The van der Waals surface area contributed by atoms with Crippen LogP contribution in [0.2, 0.25) is 0 Å². The first-order valence-electron chi connectivity index (χ1n) is 6.24. The Morgan fingerprint density at radius 3 is 2.90 bits per heavy atom. The summed E-state index contributed by atoms with van der Waals surface area (Å²) in [7, 11) is -1.63. The summed E-state index contributed by atoms with van der Waals surface area (Å²) in [6, 6.07) is 5.05. The summed E-state index contributed by atoms with van der Waals surface area (Å²) in [5.74, 6) is 0. The van der Waals surface area contributed by atoms with Gasteiger partial charge in [-0.25, -0.2) is 13.1 Å². The van der Waals surface area contributed by atoms with Crippen LogP contribution in [0.15, 0.2) is 34.8 Å². The molecule has 0 bridgehead atoms. The minimum atomic E-state index is -3.46. The molecular weight excluding hydrogens is 296 g/mol. The van der Waals surface area contributed by atoms with Crippen LogP contribution in [0.5, 0.6) is 0 Å². The Kier molecular flexibility index (Phi) is 4.92. The predicted molar refractivity (Wildman–Crippen MR) is 79.1 cm³/mol. The molecule has 0 aromatic carbocycles. The Morgan fingerprint density at radius 1 is 1.45 bits per heavy atom. The van der Waals surface area contributed by atoms with Crippen LogP contribution in [0.25, 0.3) is 0 Å². The van der Waals surface area contributed by atoms with E-state index in [1.807, 2.05) is 26.1 Å². The zero-order valence-electron chi connectivity index (χ0n) is 11.4. The van der Waals surface area contributed by atoms with Crippen LogP contribution in [-0.2, 0) is 23.1 Å². The minimum absolute atomic E-state index is 0.227. The average Bonchev–Trinajstić information content (AvgIpc) is 3.00. The third-order valence-electron chi connectivity index (χ3n) is 2.63. The average molecular weight is 314 g/mol. The molecule has 2 rings (SSSR count). The lowest BCUT2D eigenvalue weighted by Crippen LogP contribution is -2.35. The van der Waals surface area contributed by atoms with Crippen LogP contribution in [0, 0.1) is 0 Å². The van der Waals surface area contributed by atoms with E-state index in [1.54, 1.807) is 23.1 Å². The van der Waals surface area contributed by atoms with Crippen LogP contribution in [0.1, 0.15) is 11.8 Å². The van der Waals surface area contributed by atoms with Crippen molar-refractivity contribution in [2.75, 3.05) is 7.05 Å². The van der Waals surface area contributed by atoms with Crippen LogP contribution in [0.4, 0.5) is 0 Å². The Labute approximate surface area is 122 Å².